The minimum Gasteiger partial charge on any atom is -0.497 e. The fourth-order valence-corrected chi connectivity index (χ4v) is 11.9. The van der Waals surface area contributed by atoms with Crippen LogP contribution in [0.4, 0.5) is 102 Å². The Balaban J connectivity index is 0.000000196. The Kier molecular flexibility index (Phi) is 26.7. The van der Waals surface area contributed by atoms with Crippen LogP contribution in [-0.2, 0) is 52.4 Å². The highest BCUT2D eigenvalue weighted by Gasteiger charge is 2.13. The van der Waals surface area contributed by atoms with E-state index in [2.05, 4.69) is 186 Å². The zero-order valence-electron chi connectivity index (χ0n) is 62.8. The van der Waals surface area contributed by atoms with Gasteiger partial charge in [-0.2, -0.15) is 40.9 Å². The highest BCUT2D eigenvalue weighted by Crippen LogP contribution is 2.29. The number of rotatable bonds is 34. The van der Waals surface area contributed by atoms with Gasteiger partial charge < -0.3 is 42.2 Å². The van der Waals surface area contributed by atoms with E-state index in [1.165, 1.54) is 0 Å². The monoisotopic (exact) mass is 1490 g/mol. The van der Waals surface area contributed by atoms with E-state index in [4.69, 9.17) is 20.9 Å². The van der Waals surface area contributed by atoms with Crippen LogP contribution in [0.2, 0.25) is 0 Å². The summed E-state index contributed by atoms with van der Waals surface area (Å²) in [5, 5.41) is 48.7. The number of aryl methyl sites for hydroxylation is 8. The average Bonchev–Trinajstić information content (AvgIpc) is 1.17. The van der Waals surface area contributed by atoms with Gasteiger partial charge in [-0.3, -0.25) is 0 Å². The Morgan fingerprint density at radius 1 is 0.250 bits per heavy atom. The molecule has 0 unspecified atom stereocenters. The van der Waals surface area contributed by atoms with Crippen molar-refractivity contribution in [3.63, 3.8) is 0 Å². The van der Waals surface area contributed by atoms with E-state index in [0.717, 1.165) is 192 Å². The molecule has 0 atom stereocenters. The fourth-order valence-electron chi connectivity index (χ4n) is 11.9. The minimum atomic E-state index is 0.741. The van der Waals surface area contributed by atoms with Crippen LogP contribution < -0.4 is 69.6 Å². The Morgan fingerprint density at radius 2 is 0.455 bits per heavy atom. The normalized spacial score (nSPS) is 11.3. The second kappa shape index (κ2) is 39.4. The van der Waals surface area contributed by atoms with E-state index < -0.39 is 0 Å². The summed E-state index contributed by atoms with van der Waals surface area (Å²) >= 11 is 0. The Hall–Kier alpha value is -14.4. The quantitative estimate of drug-likeness (QED) is 0.0128. The first-order valence-electron chi connectivity index (χ1n) is 37.3. The molecule has 8 N–H and O–H groups in total. The maximum atomic E-state index is 5.77. The molecule has 0 amide bonds. The SMILES string of the molecule is COc1ccc(Nc2ccc(N=Nc3cc[n+](CCCn4cc[n+](CCC[n+]5ccc(N=Nc6ccc(Nc7ccc(OC)cc7)cc6)cc5)c4)cc3)cc2)cc1.Nc1ccc(Nc2ccc(N=Nc3cc[n+](CCCn4cc[n+](CCC[n+]5ccc(N=Nc6ccc(Nc7ccc(N)cc7)cc6)cc5)c4)cc3)cc2)cc1. The molecule has 0 aliphatic rings. The average molecular weight is 1490 g/mol. The van der Waals surface area contributed by atoms with E-state index >= 15 is 0 Å². The zero-order valence-corrected chi connectivity index (χ0v) is 62.8. The van der Waals surface area contributed by atoms with Crippen molar-refractivity contribution in [2.75, 3.05) is 47.0 Å². The largest absolute Gasteiger partial charge is 0.497 e. The maximum absolute atomic E-state index is 5.77. The lowest BCUT2D eigenvalue weighted by atomic mass is 10.2. The molecular weight excluding hydrogens is 1400 g/mol. The molecule has 0 saturated carbocycles. The number of methoxy groups -OCH3 is 2. The van der Waals surface area contributed by atoms with Crippen LogP contribution in [0.3, 0.4) is 0 Å². The van der Waals surface area contributed by atoms with Crippen LogP contribution in [0.25, 0.3) is 0 Å². The van der Waals surface area contributed by atoms with E-state index in [1.807, 2.05) is 243 Å². The molecule has 14 aromatic rings. The standard InChI is InChI=1S/C45H45N10O2.C43H43N12/c1-56-44-17-13-38(14-18-44)46-36-5-9-40(10-6-36)48-50-42-21-29-52(30-22-42)25-3-27-54-33-34-55(35-54)28-4-26-53-31-23-43(24-32-53)51-49-41-11-7-37(8-12-41)47-39-15-19-45(57-2)20-16-39;44-34-3-7-36(8-4-34)46-38-11-15-40(16-12-38)48-50-42-19-27-52(28-20-42)23-1-25-54-31-32-55(33-54)26-2-24-53-29-21-43(22-30-53)51-49-41-17-13-39(14-18-41)47-37-9-5-35(45)6-10-37/h5-24,29-35H,3-4,25-28H2,1-2H3;3-22,27-33H,1-2,23-26H2,(H4,44,45,48,49)/q2*+1/p+4. The molecule has 24 heteroatoms. The van der Waals surface area contributed by atoms with Gasteiger partial charge in [-0.05, 0) is 194 Å². The first kappa shape index (κ1) is 75.8. The number of anilines is 10. The summed E-state index contributed by atoms with van der Waals surface area (Å²) < 4.78 is 28.2. The van der Waals surface area contributed by atoms with Crippen molar-refractivity contribution < 1.29 is 36.9 Å². The lowest BCUT2D eigenvalue weighted by Gasteiger charge is -2.07. The number of aromatic nitrogens is 8. The number of benzene rings is 8. The van der Waals surface area contributed by atoms with Crippen LogP contribution in [0.1, 0.15) is 25.7 Å². The summed E-state index contributed by atoms with van der Waals surface area (Å²) in [4.78, 5) is 0. The van der Waals surface area contributed by atoms with Crippen molar-refractivity contribution in [1.82, 2.24) is 9.13 Å². The van der Waals surface area contributed by atoms with Crippen LogP contribution in [0.15, 0.2) is 371 Å². The van der Waals surface area contributed by atoms with Crippen LogP contribution in [0, 0.1) is 0 Å². The highest BCUT2D eigenvalue weighted by atomic mass is 16.5. The first-order chi connectivity index (χ1) is 55.0. The predicted octanol–water partition coefficient (Wildman–Crippen LogP) is 18.9. The number of nitrogens with two attached hydrogens (primary N) is 2. The lowest BCUT2D eigenvalue weighted by Crippen LogP contribution is -2.37. The maximum Gasteiger partial charge on any atom is 0.243 e. The number of nitrogens with one attached hydrogen (secondary N) is 4. The highest BCUT2D eigenvalue weighted by molar-refractivity contribution is 5.66. The van der Waals surface area contributed by atoms with Gasteiger partial charge in [0.1, 0.15) is 36.3 Å². The predicted molar refractivity (Wildman–Crippen MR) is 438 cm³/mol. The summed E-state index contributed by atoms with van der Waals surface area (Å²) in [6.07, 6.45) is 33.5. The van der Waals surface area contributed by atoms with Gasteiger partial charge in [0, 0.05) is 131 Å². The van der Waals surface area contributed by atoms with E-state index in [1.54, 1.807) is 14.2 Å². The van der Waals surface area contributed by atoms with Gasteiger partial charge in [0.25, 0.3) is 0 Å². The molecule has 14 rings (SSSR count). The van der Waals surface area contributed by atoms with Gasteiger partial charge >= 0.3 is 0 Å². The van der Waals surface area contributed by atoms with E-state index in [0.29, 0.717) is 0 Å². The van der Waals surface area contributed by atoms with E-state index in [9.17, 15) is 0 Å². The van der Waals surface area contributed by atoms with Crippen molar-refractivity contribution in [2.24, 2.45) is 40.9 Å². The molecule has 112 heavy (non-hydrogen) atoms. The topological polar surface area (TPSA) is 251 Å². The van der Waals surface area contributed by atoms with Gasteiger partial charge in [0.15, 0.2) is 75.8 Å². The molecular formula is C88H92N22O2+6. The molecule has 8 aromatic carbocycles. The molecule has 6 heterocycles. The Labute approximate surface area is 652 Å². The second-order valence-corrected chi connectivity index (χ2v) is 26.6. The van der Waals surface area contributed by atoms with Gasteiger partial charge in [-0.25, -0.2) is 36.5 Å². The van der Waals surface area contributed by atoms with E-state index in [-0.39, 0.29) is 0 Å². The summed E-state index contributed by atoms with van der Waals surface area (Å²) in [5.41, 5.74) is 27.3. The number of hydrogen-bond acceptors (Lipinski definition) is 16. The molecule has 24 nitrogen and oxygen atoms in total. The van der Waals surface area contributed by atoms with Crippen LogP contribution in [0.5, 0.6) is 11.5 Å². The molecule has 0 spiro atoms. The lowest BCUT2D eigenvalue weighted by molar-refractivity contribution is -0.726. The molecule has 560 valence electrons. The molecule has 0 aliphatic carbocycles. The smallest absolute Gasteiger partial charge is 0.243 e. The summed E-state index contributed by atoms with van der Waals surface area (Å²) in [7, 11) is 3.33. The Morgan fingerprint density at radius 3 is 0.696 bits per heavy atom. The number of hydrogen-bond donors (Lipinski definition) is 6. The summed E-state index contributed by atoms with van der Waals surface area (Å²) in [5.74, 6) is 1.66. The number of ether oxygens (including phenoxy) is 2. The molecule has 0 radical (unpaired) electrons. The molecule has 0 fully saturated rings. The van der Waals surface area contributed by atoms with Gasteiger partial charge in [-0.1, -0.05) is 0 Å². The van der Waals surface area contributed by atoms with Crippen LogP contribution in [-0.4, -0.2) is 23.4 Å². The molecule has 6 aromatic heterocycles. The number of pyridine rings is 4. The van der Waals surface area contributed by atoms with Crippen molar-refractivity contribution in [2.45, 2.75) is 78.0 Å². The second-order valence-electron chi connectivity index (χ2n) is 26.6. The molecule has 0 bridgehead atoms. The van der Waals surface area contributed by atoms with Crippen molar-refractivity contribution in [3.8, 4) is 11.5 Å². The number of azo groups is 4. The summed E-state index contributed by atoms with van der Waals surface area (Å²) in [6.45, 7) is 7.44. The number of nitrogens with zero attached hydrogens (tertiary/aromatic N) is 16. The van der Waals surface area contributed by atoms with Gasteiger partial charge in [0.05, 0.1) is 85.9 Å². The first-order valence-corrected chi connectivity index (χ1v) is 37.3. The molecule has 0 aliphatic heterocycles. The third-order valence-electron chi connectivity index (χ3n) is 18.1. The van der Waals surface area contributed by atoms with Crippen molar-refractivity contribution in [1.29, 1.82) is 0 Å². The third kappa shape index (κ3) is 24.3. The number of imidazole rings is 2. The van der Waals surface area contributed by atoms with Gasteiger partial charge in [0.2, 0.25) is 12.7 Å². The zero-order chi connectivity index (χ0) is 76.7. The van der Waals surface area contributed by atoms with Crippen molar-refractivity contribution >= 4 is 102 Å². The van der Waals surface area contributed by atoms with Gasteiger partial charge in [-0.15, -0.1) is 0 Å². The Bertz CT molecular complexity index is 4980. The minimum absolute atomic E-state index is 0.741. The van der Waals surface area contributed by atoms with Crippen LogP contribution >= 0.6 is 0 Å². The molecule has 0 saturated heterocycles. The van der Waals surface area contributed by atoms with Crippen molar-refractivity contribution in [3.05, 3.63) is 330 Å². The third-order valence-corrected chi connectivity index (χ3v) is 18.1. The number of nitrogen functional groups attached to an aromatic ring is 2. The fraction of sp³-hybridized carbons (Fsp3) is 0.159. The summed E-state index contributed by atoms with van der Waals surface area (Å²) in [6, 6.07) is 78.3.